The number of rotatable bonds is 8. The number of fused-ring (bicyclic) bond motifs is 1. The number of hydrogen-bond acceptors (Lipinski definition) is 5. The van der Waals surface area contributed by atoms with E-state index in [1.54, 1.807) is 24.3 Å². The minimum Gasteiger partial charge on any atom is -0.490 e. The van der Waals surface area contributed by atoms with E-state index in [1.807, 2.05) is 39.8 Å². The van der Waals surface area contributed by atoms with E-state index in [-0.39, 0.29) is 24.1 Å². The van der Waals surface area contributed by atoms with Crippen molar-refractivity contribution in [3.05, 3.63) is 62.6 Å². The molecule has 2 N–H and O–H groups in total. The van der Waals surface area contributed by atoms with E-state index in [2.05, 4.69) is 10.3 Å². The van der Waals surface area contributed by atoms with Crippen molar-refractivity contribution in [1.82, 2.24) is 14.9 Å². The Morgan fingerprint density at radius 2 is 1.71 bits per heavy atom. The summed E-state index contributed by atoms with van der Waals surface area (Å²) in [5.74, 6) is 0.955. The van der Waals surface area contributed by atoms with Crippen LogP contribution in [-0.4, -0.2) is 34.7 Å². The van der Waals surface area contributed by atoms with E-state index in [0.29, 0.717) is 46.0 Å². The first kappa shape index (κ1) is 22.6. The molecule has 0 spiro atoms. The maximum atomic E-state index is 13.2. The van der Waals surface area contributed by atoms with E-state index in [9.17, 15) is 9.59 Å². The third kappa shape index (κ3) is 5.14. The van der Waals surface area contributed by atoms with Gasteiger partial charge in [0.25, 0.3) is 11.5 Å². The molecule has 7 nitrogen and oxygen atoms in total. The fourth-order valence-corrected chi connectivity index (χ4v) is 3.49. The Morgan fingerprint density at radius 1 is 1.10 bits per heavy atom. The number of aromatic amines is 1. The topological polar surface area (TPSA) is 85.4 Å². The third-order valence-corrected chi connectivity index (χ3v) is 4.94. The van der Waals surface area contributed by atoms with Crippen molar-refractivity contribution in [2.45, 2.75) is 40.3 Å². The van der Waals surface area contributed by atoms with Crippen LogP contribution in [-0.2, 0) is 6.54 Å². The Labute approximate surface area is 186 Å². The van der Waals surface area contributed by atoms with Crippen LogP contribution in [0.1, 0.15) is 43.6 Å². The van der Waals surface area contributed by atoms with Gasteiger partial charge in [0.2, 0.25) is 0 Å². The van der Waals surface area contributed by atoms with E-state index >= 15 is 0 Å². The largest absolute Gasteiger partial charge is 0.490 e. The average molecular weight is 442 g/mol. The van der Waals surface area contributed by atoms with Crippen LogP contribution >= 0.6 is 12.2 Å². The zero-order chi connectivity index (χ0) is 22.5. The van der Waals surface area contributed by atoms with Gasteiger partial charge >= 0.3 is 0 Å². The molecule has 164 valence electrons. The number of carbonyl (C=O) groups is 1. The van der Waals surface area contributed by atoms with Crippen molar-refractivity contribution >= 4 is 29.0 Å². The molecular weight excluding hydrogens is 414 g/mol. The van der Waals surface area contributed by atoms with E-state index in [1.165, 1.54) is 4.57 Å². The third-order valence-electron chi connectivity index (χ3n) is 4.62. The highest BCUT2D eigenvalue weighted by Crippen LogP contribution is 2.30. The number of aromatic nitrogens is 2. The summed E-state index contributed by atoms with van der Waals surface area (Å²) in [5.41, 5.74) is 1.81. The summed E-state index contributed by atoms with van der Waals surface area (Å²) in [6.45, 7) is 8.81. The average Bonchev–Trinajstić information content (AvgIpc) is 2.72. The van der Waals surface area contributed by atoms with E-state index in [4.69, 9.17) is 21.7 Å². The van der Waals surface area contributed by atoms with Gasteiger partial charge in [-0.1, -0.05) is 12.1 Å². The van der Waals surface area contributed by atoms with Gasteiger partial charge in [0.1, 0.15) is 0 Å². The normalized spacial score (nSPS) is 11.0. The van der Waals surface area contributed by atoms with Crippen molar-refractivity contribution in [1.29, 1.82) is 0 Å². The summed E-state index contributed by atoms with van der Waals surface area (Å²) >= 11 is 5.44. The molecule has 0 saturated carbocycles. The zero-order valence-electron chi connectivity index (χ0n) is 18.2. The summed E-state index contributed by atoms with van der Waals surface area (Å²) in [5, 5.41) is 3.32. The summed E-state index contributed by atoms with van der Waals surface area (Å²) in [7, 11) is 0. The van der Waals surface area contributed by atoms with Crippen LogP contribution < -0.4 is 20.3 Å². The Bertz CT molecular complexity index is 1200. The second kappa shape index (κ2) is 9.78. The standard InChI is InChI=1S/C23H27N3O4S/c1-5-29-19-11-17-18(12-20(19)30-6-2)25-23(31)26(22(17)28)13-15-7-9-16(10-8-15)21(27)24-14(3)4/h7-12,14H,5-6,13H2,1-4H3,(H,24,27)(H,25,31). The number of carbonyl (C=O) groups excluding carboxylic acids is 1. The number of hydrogen-bond donors (Lipinski definition) is 2. The van der Waals surface area contributed by atoms with Gasteiger partial charge in [-0.3, -0.25) is 14.2 Å². The van der Waals surface area contributed by atoms with Gasteiger partial charge < -0.3 is 19.8 Å². The number of nitrogens with zero attached hydrogens (tertiary/aromatic N) is 1. The summed E-state index contributed by atoms with van der Waals surface area (Å²) < 4.78 is 13.1. The number of amides is 1. The fourth-order valence-electron chi connectivity index (χ4n) is 3.23. The first-order chi connectivity index (χ1) is 14.8. The van der Waals surface area contributed by atoms with Crippen LogP contribution in [0.15, 0.2) is 41.2 Å². The van der Waals surface area contributed by atoms with E-state index in [0.717, 1.165) is 5.56 Å². The molecule has 1 aromatic heterocycles. The molecule has 0 saturated heterocycles. The van der Waals surface area contributed by atoms with Gasteiger partial charge in [0, 0.05) is 17.7 Å². The smallest absolute Gasteiger partial charge is 0.262 e. The molecule has 0 radical (unpaired) electrons. The molecule has 0 unspecified atom stereocenters. The number of nitrogens with one attached hydrogen (secondary N) is 2. The lowest BCUT2D eigenvalue weighted by atomic mass is 10.1. The van der Waals surface area contributed by atoms with Gasteiger partial charge in [-0.2, -0.15) is 0 Å². The minimum atomic E-state index is -0.218. The van der Waals surface area contributed by atoms with Crippen LogP contribution in [0, 0.1) is 4.77 Å². The molecule has 0 bridgehead atoms. The SMILES string of the molecule is CCOc1cc2[nH]c(=S)n(Cc3ccc(C(=O)NC(C)C)cc3)c(=O)c2cc1OCC. The van der Waals surface area contributed by atoms with Crippen molar-refractivity contribution < 1.29 is 14.3 Å². The van der Waals surface area contributed by atoms with Crippen molar-refractivity contribution in [2.75, 3.05) is 13.2 Å². The van der Waals surface area contributed by atoms with Crippen molar-refractivity contribution in [3.8, 4) is 11.5 Å². The molecular formula is C23H27N3O4S. The van der Waals surface area contributed by atoms with Gasteiger partial charge in [0.15, 0.2) is 16.3 Å². The molecule has 0 aliphatic carbocycles. The fraction of sp³-hybridized carbons (Fsp3) is 0.348. The minimum absolute atomic E-state index is 0.0616. The summed E-state index contributed by atoms with van der Waals surface area (Å²) in [6.07, 6.45) is 0. The number of ether oxygens (including phenoxy) is 2. The highest BCUT2D eigenvalue weighted by atomic mass is 32.1. The zero-order valence-corrected chi connectivity index (χ0v) is 19.0. The summed E-state index contributed by atoms with van der Waals surface area (Å²) in [4.78, 5) is 28.4. The lowest BCUT2D eigenvalue weighted by Crippen LogP contribution is -2.30. The maximum Gasteiger partial charge on any atom is 0.262 e. The van der Waals surface area contributed by atoms with Crippen LogP contribution in [0.4, 0.5) is 0 Å². The predicted octanol–water partition coefficient (Wildman–Crippen LogP) is 4.04. The maximum absolute atomic E-state index is 13.2. The molecule has 0 atom stereocenters. The molecule has 1 heterocycles. The van der Waals surface area contributed by atoms with Crippen molar-refractivity contribution in [3.63, 3.8) is 0 Å². The monoisotopic (exact) mass is 441 g/mol. The van der Waals surface area contributed by atoms with E-state index < -0.39 is 0 Å². The van der Waals surface area contributed by atoms with Gasteiger partial charge in [-0.05, 0) is 63.7 Å². The molecule has 2 aromatic carbocycles. The molecule has 31 heavy (non-hydrogen) atoms. The Kier molecular flexibility index (Phi) is 7.12. The van der Waals surface area contributed by atoms with Crippen LogP contribution in [0.2, 0.25) is 0 Å². The Balaban J connectivity index is 1.97. The second-order valence-electron chi connectivity index (χ2n) is 7.36. The van der Waals surface area contributed by atoms with Crippen LogP contribution in [0.3, 0.4) is 0 Å². The highest BCUT2D eigenvalue weighted by molar-refractivity contribution is 7.71. The van der Waals surface area contributed by atoms with Gasteiger partial charge in [0.05, 0.1) is 30.7 Å². The van der Waals surface area contributed by atoms with Gasteiger partial charge in [-0.25, -0.2) is 0 Å². The summed E-state index contributed by atoms with van der Waals surface area (Å²) in [6, 6.07) is 10.6. The van der Waals surface area contributed by atoms with Crippen LogP contribution in [0.25, 0.3) is 10.9 Å². The molecule has 8 heteroatoms. The van der Waals surface area contributed by atoms with Gasteiger partial charge in [-0.15, -0.1) is 0 Å². The second-order valence-corrected chi connectivity index (χ2v) is 7.74. The first-order valence-corrected chi connectivity index (χ1v) is 10.7. The molecule has 3 rings (SSSR count). The molecule has 0 aliphatic rings. The number of H-pyrrole nitrogens is 1. The molecule has 1 amide bonds. The lowest BCUT2D eigenvalue weighted by Gasteiger charge is -2.14. The van der Waals surface area contributed by atoms with Crippen molar-refractivity contribution in [2.24, 2.45) is 0 Å². The first-order valence-electron chi connectivity index (χ1n) is 10.3. The quantitative estimate of drug-likeness (QED) is 0.515. The predicted molar refractivity (Wildman–Crippen MR) is 124 cm³/mol. The molecule has 3 aromatic rings. The van der Waals surface area contributed by atoms with Crippen LogP contribution in [0.5, 0.6) is 11.5 Å². The molecule has 0 fully saturated rings. The Hall–Kier alpha value is -3.13. The highest BCUT2D eigenvalue weighted by Gasteiger charge is 2.13. The molecule has 0 aliphatic heterocycles. The Morgan fingerprint density at radius 3 is 2.29 bits per heavy atom. The number of benzene rings is 2. The lowest BCUT2D eigenvalue weighted by molar-refractivity contribution is 0.0943.